The van der Waals surface area contributed by atoms with Crippen molar-refractivity contribution in [3.05, 3.63) is 64.5 Å². The number of halogens is 2. The lowest BCUT2D eigenvalue weighted by Gasteiger charge is -2.10. The highest BCUT2D eigenvalue weighted by Crippen LogP contribution is 2.39. The van der Waals surface area contributed by atoms with Gasteiger partial charge in [0.2, 0.25) is 0 Å². The molecule has 0 bridgehead atoms. The average molecular weight is 353 g/mol. The zero-order chi connectivity index (χ0) is 17.6. The summed E-state index contributed by atoms with van der Waals surface area (Å²) >= 11 is 6.44. The maximum absolute atomic E-state index is 14.0. The second-order valence-corrected chi connectivity index (χ2v) is 6.53. The second kappa shape index (κ2) is 5.98. The lowest BCUT2D eigenvalue weighted by atomic mass is 10.1. The Labute approximate surface area is 149 Å². The van der Waals surface area contributed by atoms with Crippen molar-refractivity contribution in [2.75, 3.05) is 0 Å². The summed E-state index contributed by atoms with van der Waals surface area (Å²) in [5.41, 5.74) is 3.06. The smallest absolute Gasteiger partial charge is 0.146 e. The van der Waals surface area contributed by atoms with Crippen molar-refractivity contribution in [3.8, 4) is 23.1 Å². The standard InChI is InChI=1S/C19H14ClFN4/c1-11-18(20)25(15-6-7-17(23-10-15)12-2-3-12)19(24-11)13-4-5-14(9-22)16(21)8-13/h4-8,10,12H,2-3H2,1H3. The van der Waals surface area contributed by atoms with Gasteiger partial charge in [0.15, 0.2) is 0 Å². The van der Waals surface area contributed by atoms with E-state index in [2.05, 4.69) is 9.97 Å². The lowest BCUT2D eigenvalue weighted by Crippen LogP contribution is -2.00. The quantitative estimate of drug-likeness (QED) is 0.681. The average Bonchev–Trinajstić information content (AvgIpc) is 3.42. The highest BCUT2D eigenvalue weighted by atomic mass is 35.5. The third kappa shape index (κ3) is 2.79. The molecular formula is C19H14ClFN4. The van der Waals surface area contributed by atoms with Gasteiger partial charge in [-0.25, -0.2) is 9.37 Å². The van der Waals surface area contributed by atoms with Gasteiger partial charge in [-0.15, -0.1) is 0 Å². The van der Waals surface area contributed by atoms with E-state index in [1.54, 1.807) is 23.8 Å². The predicted octanol–water partition coefficient (Wildman–Crippen LogP) is 4.78. The zero-order valence-corrected chi connectivity index (χ0v) is 14.3. The van der Waals surface area contributed by atoms with Crippen LogP contribution in [-0.4, -0.2) is 14.5 Å². The summed E-state index contributed by atoms with van der Waals surface area (Å²) in [5.74, 6) is 0.513. The Morgan fingerprint density at radius 1 is 1.28 bits per heavy atom. The Morgan fingerprint density at radius 2 is 2.08 bits per heavy atom. The van der Waals surface area contributed by atoms with E-state index < -0.39 is 5.82 Å². The van der Waals surface area contributed by atoms with E-state index in [-0.39, 0.29) is 5.56 Å². The number of aryl methyl sites for hydroxylation is 1. The van der Waals surface area contributed by atoms with Gasteiger partial charge in [0.1, 0.15) is 22.9 Å². The molecule has 1 saturated carbocycles. The first-order chi connectivity index (χ1) is 12.1. The van der Waals surface area contributed by atoms with Gasteiger partial charge in [-0.05, 0) is 50.1 Å². The summed E-state index contributed by atoms with van der Waals surface area (Å²) < 4.78 is 15.8. The van der Waals surface area contributed by atoms with Crippen LogP contribution in [0.5, 0.6) is 0 Å². The topological polar surface area (TPSA) is 54.5 Å². The fraction of sp³-hybridized carbons (Fsp3) is 0.211. The zero-order valence-electron chi connectivity index (χ0n) is 13.5. The predicted molar refractivity (Wildman–Crippen MR) is 93.2 cm³/mol. The molecule has 4 rings (SSSR count). The third-order valence-electron chi connectivity index (χ3n) is 4.35. The number of hydrogen-bond acceptors (Lipinski definition) is 3. The number of pyridine rings is 1. The van der Waals surface area contributed by atoms with Crippen LogP contribution in [0.25, 0.3) is 17.1 Å². The molecule has 0 radical (unpaired) electrons. The first kappa shape index (κ1) is 15.8. The first-order valence-corrected chi connectivity index (χ1v) is 8.37. The Hall–Kier alpha value is -2.71. The number of nitriles is 1. The van der Waals surface area contributed by atoms with Gasteiger partial charge in [0, 0.05) is 17.2 Å². The van der Waals surface area contributed by atoms with Crippen LogP contribution in [0.2, 0.25) is 5.15 Å². The molecule has 1 aliphatic rings. The Morgan fingerprint density at radius 3 is 2.68 bits per heavy atom. The second-order valence-electron chi connectivity index (χ2n) is 6.17. The highest BCUT2D eigenvalue weighted by Gasteiger charge is 2.25. The number of imidazole rings is 1. The molecule has 0 amide bonds. The van der Waals surface area contributed by atoms with Crippen molar-refractivity contribution < 1.29 is 4.39 Å². The summed E-state index contributed by atoms with van der Waals surface area (Å²) in [6.07, 6.45) is 4.14. The van der Waals surface area contributed by atoms with Gasteiger partial charge >= 0.3 is 0 Å². The lowest BCUT2D eigenvalue weighted by molar-refractivity contribution is 0.624. The molecule has 0 aliphatic heterocycles. The summed E-state index contributed by atoms with van der Waals surface area (Å²) in [7, 11) is 0. The maximum Gasteiger partial charge on any atom is 0.146 e. The van der Waals surface area contributed by atoms with Crippen LogP contribution in [0.4, 0.5) is 4.39 Å². The largest absolute Gasteiger partial charge is 0.281 e. The minimum atomic E-state index is -0.578. The van der Waals surface area contributed by atoms with Gasteiger partial charge in [-0.3, -0.25) is 9.55 Å². The summed E-state index contributed by atoms with van der Waals surface area (Å²) in [4.78, 5) is 9.00. The van der Waals surface area contributed by atoms with Crippen LogP contribution in [0, 0.1) is 24.1 Å². The third-order valence-corrected chi connectivity index (χ3v) is 4.80. The van der Waals surface area contributed by atoms with E-state index in [1.807, 2.05) is 18.2 Å². The summed E-state index contributed by atoms with van der Waals surface area (Å²) in [5, 5.41) is 9.36. The van der Waals surface area contributed by atoms with Crippen molar-refractivity contribution in [3.63, 3.8) is 0 Å². The molecule has 0 N–H and O–H groups in total. The van der Waals surface area contributed by atoms with Gasteiger partial charge in [-0.1, -0.05) is 11.6 Å². The van der Waals surface area contributed by atoms with Crippen LogP contribution < -0.4 is 0 Å². The van der Waals surface area contributed by atoms with Crippen LogP contribution in [0.1, 0.15) is 35.7 Å². The number of rotatable bonds is 3. The maximum atomic E-state index is 14.0. The summed E-state index contributed by atoms with van der Waals surface area (Å²) in [6.45, 7) is 1.80. The van der Waals surface area contributed by atoms with E-state index in [4.69, 9.17) is 16.9 Å². The molecule has 2 aromatic heterocycles. The van der Waals surface area contributed by atoms with Gasteiger partial charge < -0.3 is 0 Å². The number of benzene rings is 1. The van der Waals surface area contributed by atoms with E-state index in [9.17, 15) is 4.39 Å². The van der Waals surface area contributed by atoms with Crippen molar-refractivity contribution in [1.29, 1.82) is 5.26 Å². The van der Waals surface area contributed by atoms with Crippen LogP contribution in [0.3, 0.4) is 0 Å². The van der Waals surface area contributed by atoms with E-state index in [1.165, 1.54) is 25.0 Å². The van der Waals surface area contributed by atoms with Crippen LogP contribution in [-0.2, 0) is 0 Å². The molecular weight excluding hydrogens is 339 g/mol. The molecule has 1 fully saturated rings. The fourth-order valence-corrected chi connectivity index (χ4v) is 3.05. The fourth-order valence-electron chi connectivity index (χ4n) is 2.83. The molecule has 0 spiro atoms. The molecule has 124 valence electrons. The van der Waals surface area contributed by atoms with Crippen LogP contribution in [0.15, 0.2) is 36.5 Å². The molecule has 0 saturated heterocycles. The SMILES string of the molecule is Cc1nc(-c2ccc(C#N)c(F)c2)n(-c2ccc(C3CC3)nc2)c1Cl. The summed E-state index contributed by atoms with van der Waals surface area (Å²) in [6, 6.07) is 10.2. The normalized spacial score (nSPS) is 13.7. The number of aromatic nitrogens is 3. The molecule has 1 aliphatic carbocycles. The monoisotopic (exact) mass is 352 g/mol. The highest BCUT2D eigenvalue weighted by molar-refractivity contribution is 6.30. The Kier molecular flexibility index (Phi) is 3.78. The minimum Gasteiger partial charge on any atom is -0.281 e. The number of hydrogen-bond donors (Lipinski definition) is 0. The first-order valence-electron chi connectivity index (χ1n) is 7.99. The van der Waals surface area contributed by atoms with E-state index in [0.717, 1.165) is 11.4 Å². The Balaban J connectivity index is 1.83. The van der Waals surface area contributed by atoms with Crippen molar-refractivity contribution in [2.24, 2.45) is 0 Å². The van der Waals surface area contributed by atoms with Crippen molar-refractivity contribution >= 4 is 11.6 Å². The molecule has 2 heterocycles. The molecule has 3 aromatic rings. The minimum absolute atomic E-state index is 0.000119. The molecule has 25 heavy (non-hydrogen) atoms. The molecule has 1 aromatic carbocycles. The molecule has 6 heteroatoms. The molecule has 0 atom stereocenters. The molecule has 4 nitrogen and oxygen atoms in total. The van der Waals surface area contributed by atoms with E-state index >= 15 is 0 Å². The van der Waals surface area contributed by atoms with Crippen LogP contribution >= 0.6 is 11.6 Å². The van der Waals surface area contributed by atoms with E-state index in [0.29, 0.717) is 28.2 Å². The number of nitrogens with zero attached hydrogens (tertiary/aromatic N) is 4. The van der Waals surface area contributed by atoms with Crippen molar-refractivity contribution in [2.45, 2.75) is 25.7 Å². The van der Waals surface area contributed by atoms with Crippen molar-refractivity contribution in [1.82, 2.24) is 14.5 Å². The van der Waals surface area contributed by atoms with Gasteiger partial charge in [-0.2, -0.15) is 5.26 Å². The van der Waals surface area contributed by atoms with Gasteiger partial charge in [0.05, 0.1) is 23.1 Å². The van der Waals surface area contributed by atoms with Gasteiger partial charge in [0.25, 0.3) is 0 Å². The molecule has 0 unspecified atom stereocenters. The Bertz CT molecular complexity index is 997.